The van der Waals surface area contributed by atoms with Crippen molar-refractivity contribution in [3.8, 4) is 17.2 Å². The van der Waals surface area contributed by atoms with E-state index in [2.05, 4.69) is 24.3 Å². The second kappa shape index (κ2) is 8.34. The molecule has 0 spiro atoms. The average Bonchev–Trinajstić information content (AvgIpc) is 3.29. The molecule has 1 fully saturated rings. The molecule has 3 aromatic carbocycles. The fourth-order valence-corrected chi connectivity index (χ4v) is 4.51. The fourth-order valence-electron chi connectivity index (χ4n) is 4.51. The van der Waals surface area contributed by atoms with Crippen LogP contribution in [0, 0.1) is 5.92 Å². The highest BCUT2D eigenvalue weighted by Crippen LogP contribution is 2.48. The number of hydrogen-bond acceptors (Lipinski definition) is 4. The van der Waals surface area contributed by atoms with E-state index in [4.69, 9.17) is 14.2 Å². The number of benzene rings is 3. The summed E-state index contributed by atoms with van der Waals surface area (Å²) in [6.45, 7) is 0.241. The fraction of sp³-hybridized carbons (Fsp3) is 0.269. The molecule has 5 nitrogen and oxygen atoms in total. The lowest BCUT2D eigenvalue weighted by Crippen LogP contribution is -2.55. The number of β-lactam (4-membered cyclic amide) rings is 1. The number of aryl methyl sites for hydroxylation is 1. The second-order valence-corrected chi connectivity index (χ2v) is 7.95. The van der Waals surface area contributed by atoms with Crippen molar-refractivity contribution in [1.29, 1.82) is 0 Å². The van der Waals surface area contributed by atoms with Gasteiger partial charge in [-0.05, 0) is 66.8 Å². The van der Waals surface area contributed by atoms with Crippen molar-refractivity contribution in [2.75, 3.05) is 18.8 Å². The van der Waals surface area contributed by atoms with Gasteiger partial charge in [-0.15, -0.1) is 0 Å². The summed E-state index contributed by atoms with van der Waals surface area (Å²) in [5.41, 5.74) is 3.26. The number of fused-ring (bicyclic) bond motifs is 1. The maximum atomic E-state index is 13.2. The van der Waals surface area contributed by atoms with Gasteiger partial charge < -0.3 is 19.1 Å². The Hall–Kier alpha value is -3.47. The predicted octanol–water partition coefficient (Wildman–Crippen LogP) is 5.15. The molecule has 0 N–H and O–H groups in total. The summed E-state index contributed by atoms with van der Waals surface area (Å²) in [5.74, 6) is 2.39. The van der Waals surface area contributed by atoms with Crippen molar-refractivity contribution in [2.24, 2.45) is 5.92 Å². The van der Waals surface area contributed by atoms with Crippen molar-refractivity contribution >= 4 is 11.6 Å². The Morgan fingerprint density at radius 3 is 2.52 bits per heavy atom. The maximum absolute atomic E-state index is 13.2. The Bertz CT molecular complexity index is 1060. The van der Waals surface area contributed by atoms with Crippen LogP contribution in [0.4, 0.5) is 5.69 Å². The molecular formula is C26H25NO4. The highest BCUT2D eigenvalue weighted by atomic mass is 16.7. The molecule has 1 saturated heterocycles. The van der Waals surface area contributed by atoms with Crippen LogP contribution in [0.5, 0.6) is 17.2 Å². The molecule has 0 bridgehead atoms. The van der Waals surface area contributed by atoms with E-state index in [0.717, 1.165) is 47.8 Å². The lowest BCUT2D eigenvalue weighted by atomic mass is 9.78. The third-order valence-corrected chi connectivity index (χ3v) is 6.13. The van der Waals surface area contributed by atoms with Crippen LogP contribution in [0.15, 0.2) is 72.8 Å². The Morgan fingerprint density at radius 2 is 1.74 bits per heavy atom. The third-order valence-electron chi connectivity index (χ3n) is 6.13. The smallest absolute Gasteiger partial charge is 0.233 e. The quantitative estimate of drug-likeness (QED) is 0.501. The van der Waals surface area contributed by atoms with Gasteiger partial charge in [-0.2, -0.15) is 0 Å². The Balaban J connectivity index is 1.39. The van der Waals surface area contributed by atoms with Gasteiger partial charge in [-0.1, -0.05) is 36.4 Å². The molecule has 2 heterocycles. The number of methoxy groups -OCH3 is 1. The molecule has 2 aliphatic rings. The van der Waals surface area contributed by atoms with E-state index >= 15 is 0 Å². The van der Waals surface area contributed by atoms with Crippen molar-refractivity contribution in [1.82, 2.24) is 0 Å². The molecule has 0 aliphatic carbocycles. The molecule has 1 amide bonds. The van der Waals surface area contributed by atoms with Crippen LogP contribution < -0.4 is 19.1 Å². The number of anilines is 1. The summed E-state index contributed by atoms with van der Waals surface area (Å²) in [4.78, 5) is 15.1. The SMILES string of the molecule is COc1ccc(N2C(=O)[C@@H](CCCc3ccccc3)[C@H]2c2ccc3c(c2)OCO3)cc1. The van der Waals surface area contributed by atoms with E-state index in [1.807, 2.05) is 53.4 Å². The van der Waals surface area contributed by atoms with Gasteiger partial charge in [-0.3, -0.25) is 4.79 Å². The van der Waals surface area contributed by atoms with Gasteiger partial charge in [-0.25, -0.2) is 0 Å². The van der Waals surface area contributed by atoms with Crippen molar-refractivity contribution in [2.45, 2.75) is 25.3 Å². The first-order chi connectivity index (χ1) is 15.2. The first-order valence-electron chi connectivity index (χ1n) is 10.7. The van der Waals surface area contributed by atoms with E-state index in [-0.39, 0.29) is 24.7 Å². The van der Waals surface area contributed by atoms with E-state index < -0.39 is 0 Å². The molecule has 2 atom stereocenters. The Kier molecular flexibility index (Phi) is 5.24. The molecule has 0 saturated carbocycles. The molecule has 158 valence electrons. The highest BCUT2D eigenvalue weighted by molar-refractivity contribution is 6.03. The maximum Gasteiger partial charge on any atom is 0.233 e. The zero-order valence-electron chi connectivity index (χ0n) is 17.5. The van der Waals surface area contributed by atoms with Crippen LogP contribution in [0.25, 0.3) is 0 Å². The van der Waals surface area contributed by atoms with E-state index in [9.17, 15) is 4.79 Å². The van der Waals surface area contributed by atoms with Gasteiger partial charge in [0.05, 0.1) is 19.1 Å². The molecule has 31 heavy (non-hydrogen) atoms. The van der Waals surface area contributed by atoms with E-state index in [1.165, 1.54) is 5.56 Å². The molecular weight excluding hydrogens is 390 g/mol. The molecule has 5 rings (SSSR count). The van der Waals surface area contributed by atoms with Gasteiger partial charge in [0.2, 0.25) is 12.7 Å². The number of hydrogen-bond donors (Lipinski definition) is 0. The first kappa shape index (κ1) is 19.5. The third kappa shape index (κ3) is 3.72. The van der Waals surface area contributed by atoms with Crippen LogP contribution in [0.2, 0.25) is 0 Å². The van der Waals surface area contributed by atoms with Crippen molar-refractivity contribution < 1.29 is 19.0 Å². The van der Waals surface area contributed by atoms with Crippen LogP contribution in [0.1, 0.15) is 30.0 Å². The summed E-state index contributed by atoms with van der Waals surface area (Å²) >= 11 is 0. The van der Waals surface area contributed by atoms with E-state index in [0.29, 0.717) is 0 Å². The number of ether oxygens (including phenoxy) is 3. The molecule has 3 aromatic rings. The minimum absolute atomic E-state index is 0.0221. The molecule has 5 heteroatoms. The highest BCUT2D eigenvalue weighted by Gasteiger charge is 2.48. The Labute approximate surface area is 182 Å². The zero-order chi connectivity index (χ0) is 21.2. The van der Waals surface area contributed by atoms with Crippen LogP contribution >= 0.6 is 0 Å². The molecule has 2 aliphatic heterocycles. The average molecular weight is 415 g/mol. The van der Waals surface area contributed by atoms with Crippen molar-refractivity contribution in [3.05, 3.63) is 83.9 Å². The summed E-state index contributed by atoms with van der Waals surface area (Å²) in [7, 11) is 1.64. The van der Waals surface area contributed by atoms with Crippen molar-refractivity contribution in [3.63, 3.8) is 0 Å². The monoisotopic (exact) mass is 415 g/mol. The van der Waals surface area contributed by atoms with Gasteiger partial charge in [0.15, 0.2) is 11.5 Å². The summed E-state index contributed by atoms with van der Waals surface area (Å²) < 4.78 is 16.3. The van der Waals surface area contributed by atoms with Crippen LogP contribution in [0.3, 0.4) is 0 Å². The normalized spacial score (nSPS) is 19.3. The van der Waals surface area contributed by atoms with E-state index in [1.54, 1.807) is 7.11 Å². The summed E-state index contributed by atoms with van der Waals surface area (Å²) in [6.07, 6.45) is 2.79. The lowest BCUT2D eigenvalue weighted by molar-refractivity contribution is -0.130. The van der Waals surface area contributed by atoms with Crippen LogP contribution in [-0.4, -0.2) is 19.8 Å². The lowest BCUT2D eigenvalue weighted by Gasteiger charge is -2.47. The predicted molar refractivity (Wildman–Crippen MR) is 119 cm³/mol. The standard InChI is InChI=1S/C26H25NO4/c1-29-21-13-11-20(12-14-21)27-25(19-10-15-23-24(16-19)31-17-30-23)22(26(27)28)9-5-8-18-6-3-2-4-7-18/h2-4,6-7,10-16,22,25H,5,8-9,17H2,1H3/t22-,25+/m0/s1. The minimum atomic E-state index is -0.0498. The summed E-state index contributed by atoms with van der Waals surface area (Å²) in [6, 6.07) is 24.1. The Morgan fingerprint density at radius 1 is 0.968 bits per heavy atom. The molecule has 0 aromatic heterocycles. The van der Waals surface area contributed by atoms with Gasteiger partial charge in [0, 0.05) is 5.69 Å². The molecule has 0 radical (unpaired) electrons. The first-order valence-corrected chi connectivity index (χ1v) is 10.7. The number of nitrogens with zero attached hydrogens (tertiary/aromatic N) is 1. The topological polar surface area (TPSA) is 48.0 Å². The minimum Gasteiger partial charge on any atom is -0.497 e. The number of amides is 1. The molecule has 0 unspecified atom stereocenters. The second-order valence-electron chi connectivity index (χ2n) is 7.95. The number of carbonyl (C=O) groups is 1. The van der Waals surface area contributed by atoms with Crippen LogP contribution in [-0.2, 0) is 11.2 Å². The van der Waals surface area contributed by atoms with Gasteiger partial charge in [0.1, 0.15) is 5.75 Å². The van der Waals surface area contributed by atoms with Gasteiger partial charge in [0.25, 0.3) is 0 Å². The zero-order valence-corrected chi connectivity index (χ0v) is 17.5. The largest absolute Gasteiger partial charge is 0.497 e. The van der Waals surface area contributed by atoms with Gasteiger partial charge >= 0.3 is 0 Å². The number of carbonyl (C=O) groups excluding carboxylic acids is 1. The number of rotatable bonds is 7. The summed E-state index contributed by atoms with van der Waals surface area (Å²) in [5, 5.41) is 0.